The summed E-state index contributed by atoms with van der Waals surface area (Å²) in [6.45, 7) is 8.31. The maximum atomic E-state index is 12.9. The van der Waals surface area contributed by atoms with Gasteiger partial charge in [-0.2, -0.15) is 0 Å². The minimum absolute atomic E-state index is 0.0697. The van der Waals surface area contributed by atoms with Crippen molar-refractivity contribution in [3.63, 3.8) is 0 Å². The number of rotatable bonds is 8. The van der Waals surface area contributed by atoms with Gasteiger partial charge in [0, 0.05) is 18.7 Å². The van der Waals surface area contributed by atoms with Gasteiger partial charge in [0.15, 0.2) is 0 Å². The van der Waals surface area contributed by atoms with Gasteiger partial charge < -0.3 is 10.1 Å². The SMILES string of the molecule is COc1ccc(S(=O)(=O)N(C)c2ccc(C(=O)NC(C(C)C)C(C)C)cc2)cc1. The third kappa shape index (κ3) is 5.29. The smallest absolute Gasteiger partial charge is 0.264 e. The summed E-state index contributed by atoms with van der Waals surface area (Å²) in [6, 6.07) is 12.8. The number of sulfonamides is 1. The lowest BCUT2D eigenvalue weighted by Crippen LogP contribution is -2.42. The Kier molecular flexibility index (Phi) is 7.30. The standard InChI is InChI=1S/C22H30N2O4S/c1-15(2)21(16(3)4)23-22(25)17-7-9-18(10-8-17)24(5)29(26,27)20-13-11-19(28-6)12-14-20/h7-16,21H,1-6H3,(H,23,25). The lowest BCUT2D eigenvalue weighted by Gasteiger charge is -2.26. The maximum absolute atomic E-state index is 12.9. The quantitative estimate of drug-likeness (QED) is 0.705. The van der Waals surface area contributed by atoms with Gasteiger partial charge in [0.05, 0.1) is 17.7 Å². The maximum Gasteiger partial charge on any atom is 0.264 e. The number of amides is 1. The predicted molar refractivity (Wildman–Crippen MR) is 116 cm³/mol. The highest BCUT2D eigenvalue weighted by Gasteiger charge is 2.23. The van der Waals surface area contributed by atoms with E-state index < -0.39 is 10.0 Å². The fraction of sp³-hybridized carbons (Fsp3) is 0.409. The Morgan fingerprint density at radius 2 is 1.45 bits per heavy atom. The van der Waals surface area contributed by atoms with E-state index in [-0.39, 0.29) is 16.8 Å². The van der Waals surface area contributed by atoms with E-state index in [0.717, 1.165) is 0 Å². The van der Waals surface area contributed by atoms with Crippen LogP contribution < -0.4 is 14.4 Å². The second kappa shape index (κ2) is 9.31. The number of nitrogens with one attached hydrogen (secondary N) is 1. The van der Waals surface area contributed by atoms with E-state index in [0.29, 0.717) is 28.8 Å². The summed E-state index contributed by atoms with van der Waals surface area (Å²) in [6.07, 6.45) is 0. The molecule has 0 aliphatic rings. The number of anilines is 1. The molecule has 1 N–H and O–H groups in total. The lowest BCUT2D eigenvalue weighted by atomic mass is 9.93. The third-order valence-corrected chi connectivity index (χ3v) is 6.74. The summed E-state index contributed by atoms with van der Waals surface area (Å²) in [4.78, 5) is 12.7. The van der Waals surface area contributed by atoms with E-state index in [1.165, 1.54) is 30.6 Å². The van der Waals surface area contributed by atoms with Gasteiger partial charge in [-0.05, 0) is 60.4 Å². The first-order valence-electron chi connectivity index (χ1n) is 9.61. The molecule has 0 saturated heterocycles. The van der Waals surface area contributed by atoms with Gasteiger partial charge in [0.2, 0.25) is 0 Å². The highest BCUT2D eigenvalue weighted by atomic mass is 32.2. The van der Waals surface area contributed by atoms with Gasteiger partial charge in [-0.25, -0.2) is 8.42 Å². The van der Waals surface area contributed by atoms with Gasteiger partial charge in [0.1, 0.15) is 5.75 Å². The number of ether oxygens (including phenoxy) is 1. The zero-order valence-corrected chi connectivity index (χ0v) is 18.7. The van der Waals surface area contributed by atoms with Crippen LogP contribution in [0.4, 0.5) is 5.69 Å². The van der Waals surface area contributed by atoms with Crippen LogP contribution in [0.5, 0.6) is 5.75 Å². The van der Waals surface area contributed by atoms with Gasteiger partial charge in [-0.15, -0.1) is 0 Å². The largest absolute Gasteiger partial charge is 0.497 e. The van der Waals surface area contributed by atoms with Crippen LogP contribution in [0.2, 0.25) is 0 Å². The molecule has 0 saturated carbocycles. The van der Waals surface area contributed by atoms with Crippen molar-refractivity contribution in [3.05, 3.63) is 54.1 Å². The third-order valence-electron chi connectivity index (χ3n) is 4.95. The minimum Gasteiger partial charge on any atom is -0.497 e. The van der Waals surface area contributed by atoms with Gasteiger partial charge >= 0.3 is 0 Å². The molecule has 0 fully saturated rings. The zero-order chi connectivity index (χ0) is 21.8. The number of nitrogens with zero attached hydrogens (tertiary/aromatic N) is 1. The highest BCUT2D eigenvalue weighted by molar-refractivity contribution is 7.92. The van der Waals surface area contributed by atoms with Crippen LogP contribution in [0.25, 0.3) is 0 Å². The molecule has 0 aliphatic heterocycles. The number of benzene rings is 2. The van der Waals surface area contributed by atoms with Crippen LogP contribution in [-0.2, 0) is 10.0 Å². The molecule has 2 aromatic carbocycles. The van der Waals surface area contributed by atoms with E-state index >= 15 is 0 Å². The fourth-order valence-corrected chi connectivity index (χ4v) is 4.40. The molecule has 0 unspecified atom stereocenters. The number of methoxy groups -OCH3 is 1. The molecule has 0 spiro atoms. The molecule has 0 radical (unpaired) electrons. The highest BCUT2D eigenvalue weighted by Crippen LogP contribution is 2.24. The summed E-state index contributed by atoms with van der Waals surface area (Å²) in [5.74, 6) is 1.06. The van der Waals surface area contributed by atoms with Gasteiger partial charge in [-0.1, -0.05) is 27.7 Å². The number of carbonyl (C=O) groups is 1. The molecular weight excluding hydrogens is 388 g/mol. The van der Waals surface area contributed by atoms with Gasteiger partial charge in [0.25, 0.3) is 15.9 Å². The Hall–Kier alpha value is -2.54. The van der Waals surface area contributed by atoms with E-state index in [1.54, 1.807) is 36.4 Å². The van der Waals surface area contributed by atoms with Crippen molar-refractivity contribution in [2.45, 2.75) is 38.6 Å². The first-order chi connectivity index (χ1) is 13.6. The molecule has 2 aromatic rings. The molecule has 0 aromatic heterocycles. The summed E-state index contributed by atoms with van der Waals surface area (Å²) >= 11 is 0. The molecular formula is C22H30N2O4S. The van der Waals surface area contributed by atoms with Gasteiger partial charge in [-0.3, -0.25) is 9.10 Å². The van der Waals surface area contributed by atoms with E-state index in [4.69, 9.17) is 4.74 Å². The molecule has 7 heteroatoms. The Balaban J connectivity index is 2.18. The summed E-state index contributed by atoms with van der Waals surface area (Å²) in [5, 5.41) is 3.07. The molecule has 0 atom stereocenters. The normalized spacial score (nSPS) is 11.8. The average Bonchev–Trinajstić information content (AvgIpc) is 2.70. The molecule has 0 heterocycles. The lowest BCUT2D eigenvalue weighted by molar-refractivity contribution is 0.0910. The van der Waals surface area contributed by atoms with Crippen LogP contribution in [0.1, 0.15) is 38.1 Å². The van der Waals surface area contributed by atoms with E-state index in [2.05, 4.69) is 33.0 Å². The molecule has 2 rings (SSSR count). The first-order valence-corrected chi connectivity index (χ1v) is 11.1. The van der Waals surface area contributed by atoms with Crippen molar-refractivity contribution in [1.29, 1.82) is 0 Å². The van der Waals surface area contributed by atoms with Crippen LogP contribution in [-0.4, -0.2) is 34.5 Å². The summed E-state index contributed by atoms with van der Waals surface area (Å²) < 4.78 is 32.0. The molecule has 29 heavy (non-hydrogen) atoms. The fourth-order valence-electron chi connectivity index (χ4n) is 3.21. The predicted octanol–water partition coefficient (Wildman–Crippen LogP) is 3.93. The Labute approximate surface area is 173 Å². The molecule has 0 bridgehead atoms. The molecule has 158 valence electrons. The topological polar surface area (TPSA) is 75.7 Å². The molecule has 6 nitrogen and oxygen atoms in total. The monoisotopic (exact) mass is 418 g/mol. The first kappa shape index (κ1) is 22.7. The van der Waals surface area contributed by atoms with E-state index in [9.17, 15) is 13.2 Å². The van der Waals surface area contributed by atoms with Crippen LogP contribution in [0.15, 0.2) is 53.4 Å². The van der Waals surface area contributed by atoms with Crippen molar-refractivity contribution in [1.82, 2.24) is 5.32 Å². The number of carbonyl (C=O) groups excluding carboxylic acids is 1. The zero-order valence-electron chi connectivity index (χ0n) is 17.8. The number of hydrogen-bond acceptors (Lipinski definition) is 4. The Morgan fingerprint density at radius 1 is 0.931 bits per heavy atom. The van der Waals surface area contributed by atoms with Crippen molar-refractivity contribution < 1.29 is 17.9 Å². The van der Waals surface area contributed by atoms with Crippen molar-refractivity contribution in [3.8, 4) is 5.75 Å². The second-order valence-corrected chi connectivity index (χ2v) is 9.65. The van der Waals surface area contributed by atoms with Crippen LogP contribution >= 0.6 is 0 Å². The Morgan fingerprint density at radius 3 is 1.90 bits per heavy atom. The van der Waals surface area contributed by atoms with Crippen LogP contribution in [0.3, 0.4) is 0 Å². The average molecular weight is 419 g/mol. The van der Waals surface area contributed by atoms with Crippen LogP contribution in [0, 0.1) is 11.8 Å². The number of hydrogen-bond donors (Lipinski definition) is 1. The van der Waals surface area contributed by atoms with Crippen molar-refractivity contribution in [2.24, 2.45) is 11.8 Å². The van der Waals surface area contributed by atoms with Crippen molar-refractivity contribution in [2.75, 3.05) is 18.5 Å². The Bertz CT molecular complexity index is 912. The molecule has 0 aliphatic carbocycles. The molecule has 1 amide bonds. The second-order valence-electron chi connectivity index (χ2n) is 7.68. The summed E-state index contributed by atoms with van der Waals surface area (Å²) in [5.41, 5.74) is 0.969. The van der Waals surface area contributed by atoms with Crippen molar-refractivity contribution >= 4 is 21.6 Å². The van der Waals surface area contributed by atoms with E-state index in [1.807, 2.05) is 0 Å². The minimum atomic E-state index is -3.71. The summed E-state index contributed by atoms with van der Waals surface area (Å²) in [7, 11) is -0.700.